The third-order valence-electron chi connectivity index (χ3n) is 3.49. The second kappa shape index (κ2) is 9.53. The van der Waals surface area contributed by atoms with Crippen molar-refractivity contribution >= 4 is 5.96 Å². The van der Waals surface area contributed by atoms with Crippen molar-refractivity contribution in [3.05, 3.63) is 35.4 Å². The van der Waals surface area contributed by atoms with Crippen LogP contribution >= 0.6 is 0 Å². The maximum atomic E-state index is 5.65. The van der Waals surface area contributed by atoms with E-state index in [4.69, 9.17) is 9.47 Å². The van der Waals surface area contributed by atoms with Crippen molar-refractivity contribution in [1.29, 1.82) is 0 Å². The van der Waals surface area contributed by atoms with Gasteiger partial charge in [-0.15, -0.1) is 0 Å². The molecule has 0 unspecified atom stereocenters. The lowest BCUT2D eigenvalue weighted by Crippen LogP contribution is -2.45. The van der Waals surface area contributed by atoms with E-state index < -0.39 is 0 Å². The zero-order chi connectivity index (χ0) is 17.3. The minimum absolute atomic E-state index is 0.230. The molecule has 0 fully saturated rings. The minimum atomic E-state index is -0.230. The number of methoxy groups -OCH3 is 1. The smallest absolute Gasteiger partial charge is 0.191 e. The second-order valence-electron chi connectivity index (χ2n) is 6.42. The molecule has 0 bridgehead atoms. The Kier molecular flexibility index (Phi) is 8.06. The fourth-order valence-corrected chi connectivity index (χ4v) is 1.87. The van der Waals surface area contributed by atoms with Crippen molar-refractivity contribution in [2.24, 2.45) is 4.99 Å². The molecule has 0 aliphatic rings. The first kappa shape index (κ1) is 19.5. The van der Waals surface area contributed by atoms with Gasteiger partial charge in [0.1, 0.15) is 0 Å². The number of guanidine groups is 1. The quantitative estimate of drug-likeness (QED) is 0.571. The average molecular weight is 321 g/mol. The van der Waals surface area contributed by atoms with Gasteiger partial charge in [0.2, 0.25) is 0 Å². The van der Waals surface area contributed by atoms with Gasteiger partial charge in [-0.25, -0.2) is 0 Å². The molecule has 23 heavy (non-hydrogen) atoms. The molecule has 5 heteroatoms. The number of hydrogen-bond donors (Lipinski definition) is 2. The Morgan fingerprint density at radius 2 is 1.91 bits per heavy atom. The molecule has 0 heterocycles. The van der Waals surface area contributed by atoms with Gasteiger partial charge in [0.05, 0.1) is 18.3 Å². The molecule has 0 aromatic heterocycles. The summed E-state index contributed by atoms with van der Waals surface area (Å²) in [5.41, 5.74) is 2.15. The number of nitrogens with zero attached hydrogens (tertiary/aromatic N) is 1. The van der Waals surface area contributed by atoms with Crippen LogP contribution < -0.4 is 10.6 Å². The average Bonchev–Trinajstić information content (AvgIpc) is 2.53. The van der Waals surface area contributed by atoms with E-state index in [1.807, 2.05) is 27.7 Å². The summed E-state index contributed by atoms with van der Waals surface area (Å²) in [5.74, 6) is 0.763. The summed E-state index contributed by atoms with van der Waals surface area (Å²) in [5, 5.41) is 6.59. The molecule has 0 atom stereocenters. The predicted octanol–water partition coefficient (Wildman–Crippen LogP) is 2.70. The minimum Gasteiger partial charge on any atom is -0.377 e. The molecule has 0 spiro atoms. The van der Waals surface area contributed by atoms with Gasteiger partial charge < -0.3 is 20.1 Å². The standard InChI is InChI=1S/C18H31N3O2/c1-14(2)23-12-16-9-7-8-15(10-16)11-20-17(19-5)21-13-18(3,4)22-6/h7-10,14H,11-13H2,1-6H3,(H2,19,20,21). The molecule has 0 radical (unpaired) electrons. The zero-order valence-electron chi connectivity index (χ0n) is 15.3. The van der Waals surface area contributed by atoms with Gasteiger partial charge in [-0.2, -0.15) is 0 Å². The number of rotatable bonds is 8. The molecule has 0 saturated heterocycles. The Morgan fingerprint density at radius 3 is 2.52 bits per heavy atom. The van der Waals surface area contributed by atoms with Crippen molar-refractivity contribution in [3.8, 4) is 0 Å². The maximum Gasteiger partial charge on any atom is 0.191 e. The van der Waals surface area contributed by atoms with Gasteiger partial charge in [0.25, 0.3) is 0 Å². The Bertz CT molecular complexity index is 499. The summed E-state index contributed by atoms with van der Waals surface area (Å²) in [4.78, 5) is 4.24. The van der Waals surface area contributed by atoms with E-state index in [1.54, 1.807) is 14.2 Å². The third kappa shape index (κ3) is 8.00. The highest BCUT2D eigenvalue weighted by atomic mass is 16.5. The van der Waals surface area contributed by atoms with Gasteiger partial charge in [-0.05, 0) is 38.8 Å². The highest BCUT2D eigenvalue weighted by Crippen LogP contribution is 2.08. The lowest BCUT2D eigenvalue weighted by Gasteiger charge is -2.24. The molecule has 0 aliphatic carbocycles. The topological polar surface area (TPSA) is 54.9 Å². The number of hydrogen-bond acceptors (Lipinski definition) is 3. The fourth-order valence-electron chi connectivity index (χ4n) is 1.87. The summed E-state index contributed by atoms with van der Waals surface area (Å²) in [6.07, 6.45) is 0.240. The van der Waals surface area contributed by atoms with Crippen LogP contribution in [0.1, 0.15) is 38.8 Å². The highest BCUT2D eigenvalue weighted by Gasteiger charge is 2.16. The summed E-state index contributed by atoms with van der Waals surface area (Å²) < 4.78 is 11.0. The number of nitrogens with one attached hydrogen (secondary N) is 2. The van der Waals surface area contributed by atoms with Crippen molar-refractivity contribution in [2.75, 3.05) is 20.7 Å². The normalized spacial score (nSPS) is 12.6. The van der Waals surface area contributed by atoms with Gasteiger partial charge in [-0.3, -0.25) is 4.99 Å². The van der Waals surface area contributed by atoms with Crippen LogP contribution in [0.15, 0.2) is 29.3 Å². The first-order valence-electron chi connectivity index (χ1n) is 8.05. The monoisotopic (exact) mass is 321 g/mol. The van der Waals surface area contributed by atoms with Crippen LogP contribution in [0.4, 0.5) is 0 Å². The number of aliphatic imine (C=N–C) groups is 1. The highest BCUT2D eigenvalue weighted by molar-refractivity contribution is 5.79. The van der Waals surface area contributed by atoms with Gasteiger partial charge in [0.15, 0.2) is 5.96 Å². The SMILES string of the molecule is CN=C(NCc1cccc(COC(C)C)c1)NCC(C)(C)OC. The fraction of sp³-hybridized carbons (Fsp3) is 0.611. The predicted molar refractivity (Wildman–Crippen MR) is 95.7 cm³/mol. The van der Waals surface area contributed by atoms with Crippen molar-refractivity contribution < 1.29 is 9.47 Å². The van der Waals surface area contributed by atoms with E-state index in [-0.39, 0.29) is 11.7 Å². The zero-order valence-corrected chi connectivity index (χ0v) is 15.3. The lowest BCUT2D eigenvalue weighted by atomic mass is 10.1. The largest absolute Gasteiger partial charge is 0.377 e. The van der Waals surface area contributed by atoms with E-state index in [0.717, 1.165) is 5.96 Å². The van der Waals surface area contributed by atoms with Crippen molar-refractivity contribution in [3.63, 3.8) is 0 Å². The van der Waals surface area contributed by atoms with Crippen molar-refractivity contribution in [1.82, 2.24) is 10.6 Å². The summed E-state index contributed by atoms with van der Waals surface area (Å²) in [6.45, 7) is 10.2. The molecule has 130 valence electrons. The molecule has 5 nitrogen and oxygen atoms in total. The molecular formula is C18H31N3O2. The van der Waals surface area contributed by atoms with E-state index >= 15 is 0 Å². The third-order valence-corrected chi connectivity index (χ3v) is 3.49. The summed E-state index contributed by atoms with van der Waals surface area (Å²) >= 11 is 0. The molecule has 0 saturated carbocycles. The van der Waals surface area contributed by atoms with Crippen LogP contribution in [0.5, 0.6) is 0 Å². The van der Waals surface area contributed by atoms with Crippen LogP contribution in [0, 0.1) is 0 Å². The number of benzene rings is 1. The van der Waals surface area contributed by atoms with E-state index in [2.05, 4.69) is 39.9 Å². The summed E-state index contributed by atoms with van der Waals surface area (Å²) in [7, 11) is 3.48. The van der Waals surface area contributed by atoms with Crippen LogP contribution in [0.3, 0.4) is 0 Å². The van der Waals surface area contributed by atoms with E-state index in [1.165, 1.54) is 11.1 Å². The number of ether oxygens (including phenoxy) is 2. The van der Waals surface area contributed by atoms with Crippen LogP contribution in [-0.2, 0) is 22.6 Å². The molecule has 0 aliphatic heterocycles. The van der Waals surface area contributed by atoms with Crippen LogP contribution in [0.2, 0.25) is 0 Å². The Morgan fingerprint density at radius 1 is 1.22 bits per heavy atom. The lowest BCUT2D eigenvalue weighted by molar-refractivity contribution is 0.0268. The maximum absolute atomic E-state index is 5.65. The Hall–Kier alpha value is -1.59. The van der Waals surface area contributed by atoms with Gasteiger partial charge in [0, 0.05) is 27.2 Å². The van der Waals surface area contributed by atoms with Gasteiger partial charge >= 0.3 is 0 Å². The van der Waals surface area contributed by atoms with Gasteiger partial charge in [-0.1, -0.05) is 24.3 Å². The van der Waals surface area contributed by atoms with Crippen LogP contribution in [-0.4, -0.2) is 38.4 Å². The second-order valence-corrected chi connectivity index (χ2v) is 6.42. The first-order chi connectivity index (χ1) is 10.9. The Labute approximate surface area is 140 Å². The molecule has 2 N–H and O–H groups in total. The molecule has 1 rings (SSSR count). The molecule has 1 aromatic rings. The van der Waals surface area contributed by atoms with E-state index in [0.29, 0.717) is 19.7 Å². The molecule has 0 amide bonds. The molecular weight excluding hydrogens is 290 g/mol. The Balaban J connectivity index is 2.51. The van der Waals surface area contributed by atoms with Crippen LogP contribution in [0.25, 0.3) is 0 Å². The molecule has 1 aromatic carbocycles. The summed E-state index contributed by atoms with van der Waals surface area (Å²) in [6, 6.07) is 8.39. The van der Waals surface area contributed by atoms with E-state index in [9.17, 15) is 0 Å². The van der Waals surface area contributed by atoms with Crippen molar-refractivity contribution in [2.45, 2.75) is 52.6 Å². The first-order valence-corrected chi connectivity index (χ1v) is 8.05.